The van der Waals surface area contributed by atoms with Crippen molar-refractivity contribution in [2.45, 2.75) is 0 Å². The number of rotatable bonds is 3. The van der Waals surface area contributed by atoms with Crippen LogP contribution < -0.4 is 4.90 Å². The van der Waals surface area contributed by atoms with Crippen molar-refractivity contribution in [3.63, 3.8) is 0 Å². The van der Waals surface area contributed by atoms with Gasteiger partial charge in [-0.05, 0) is 57.9 Å². The van der Waals surface area contributed by atoms with Crippen LogP contribution in [0.4, 0.5) is 17.1 Å². The number of nitrogens with zero attached hydrogens (tertiary/aromatic N) is 1. The summed E-state index contributed by atoms with van der Waals surface area (Å²) in [5.74, 6) is 0. The molecule has 3 nitrogen and oxygen atoms in total. The molecule has 0 radical (unpaired) electrons. The van der Waals surface area contributed by atoms with E-state index in [1.54, 1.807) is 0 Å². The molecule has 0 saturated carbocycles. The molecule has 2 aromatic heterocycles. The molecule has 0 amide bonds. The van der Waals surface area contributed by atoms with Crippen LogP contribution in [0.25, 0.3) is 76.2 Å². The second-order valence-corrected chi connectivity index (χ2v) is 11.7. The predicted octanol–water partition coefficient (Wildman–Crippen LogP) is 12.4. The van der Waals surface area contributed by atoms with E-state index in [9.17, 15) is 0 Å². The molecule has 8 aromatic carbocycles. The molecule has 0 atom stereocenters. The van der Waals surface area contributed by atoms with Crippen LogP contribution in [0.15, 0.2) is 160 Å². The summed E-state index contributed by atoms with van der Waals surface area (Å²) in [6, 6.07) is 53.6. The minimum atomic E-state index is 0.853. The molecule has 10 aromatic rings. The third kappa shape index (κ3) is 3.46. The van der Waals surface area contributed by atoms with E-state index in [0.29, 0.717) is 0 Å². The Morgan fingerprint density at radius 3 is 1.84 bits per heavy atom. The molecule has 0 spiro atoms. The van der Waals surface area contributed by atoms with Crippen LogP contribution in [0.3, 0.4) is 0 Å². The topological polar surface area (TPSA) is 29.5 Å². The Bertz CT molecular complexity index is 2780. The third-order valence-corrected chi connectivity index (χ3v) is 9.22. The maximum Gasteiger partial charge on any atom is 0.159 e. The van der Waals surface area contributed by atoms with Gasteiger partial charge >= 0.3 is 0 Å². The average Bonchev–Trinajstić information content (AvgIpc) is 3.68. The smallest absolute Gasteiger partial charge is 0.159 e. The van der Waals surface area contributed by atoms with Gasteiger partial charge in [-0.1, -0.05) is 115 Å². The zero-order chi connectivity index (χ0) is 29.5. The largest absolute Gasteiger partial charge is 0.456 e. The molecule has 10 rings (SSSR count). The Labute approximate surface area is 258 Å². The first kappa shape index (κ1) is 24.4. The van der Waals surface area contributed by atoms with Crippen molar-refractivity contribution in [1.82, 2.24) is 0 Å². The molecule has 0 aliphatic heterocycles. The summed E-state index contributed by atoms with van der Waals surface area (Å²) in [6.45, 7) is 0. The second-order valence-electron chi connectivity index (χ2n) is 11.7. The Balaban J connectivity index is 1.39. The number of anilines is 3. The predicted molar refractivity (Wildman–Crippen MR) is 188 cm³/mol. The van der Waals surface area contributed by atoms with Gasteiger partial charge in [-0.3, -0.25) is 0 Å². The van der Waals surface area contributed by atoms with Gasteiger partial charge in [0.15, 0.2) is 5.58 Å². The van der Waals surface area contributed by atoms with E-state index in [4.69, 9.17) is 8.83 Å². The maximum absolute atomic E-state index is 6.94. The highest BCUT2D eigenvalue weighted by Gasteiger charge is 2.25. The van der Waals surface area contributed by atoms with Gasteiger partial charge in [0.1, 0.15) is 16.7 Å². The van der Waals surface area contributed by atoms with Gasteiger partial charge < -0.3 is 13.7 Å². The molecule has 45 heavy (non-hydrogen) atoms. The fraction of sp³-hybridized carbons (Fsp3) is 0. The number of fused-ring (bicyclic) bond motifs is 11. The molecular weight excluding hydrogens is 550 g/mol. The number of hydrogen-bond donors (Lipinski definition) is 0. The number of hydrogen-bond acceptors (Lipinski definition) is 3. The van der Waals surface area contributed by atoms with Crippen LogP contribution in [0, 0.1) is 0 Å². The molecule has 0 unspecified atom stereocenters. The van der Waals surface area contributed by atoms with Crippen LogP contribution in [-0.4, -0.2) is 0 Å². The number of benzene rings is 8. The van der Waals surface area contributed by atoms with E-state index < -0.39 is 0 Å². The Morgan fingerprint density at radius 1 is 0.333 bits per heavy atom. The quantitative estimate of drug-likeness (QED) is 0.196. The van der Waals surface area contributed by atoms with Crippen molar-refractivity contribution in [3.05, 3.63) is 152 Å². The standard InChI is InChI=1S/C42H25NO2/c1-4-14-29-26(11-1)23-24-33-32-18-9-20-36(42(32)45-41(29)33)43(35-19-10-22-39-40(35)34-17-7-8-21-38(34)44-39)37-25-27-12-2-3-13-28(27)30-15-5-6-16-31(30)37/h1-25H. The van der Waals surface area contributed by atoms with Crippen LogP contribution in [0.1, 0.15) is 0 Å². The molecule has 0 bridgehead atoms. The first-order valence-electron chi connectivity index (χ1n) is 15.3. The van der Waals surface area contributed by atoms with E-state index in [-0.39, 0.29) is 0 Å². The van der Waals surface area contributed by atoms with Crippen molar-refractivity contribution >= 4 is 93.3 Å². The summed E-state index contributed by atoms with van der Waals surface area (Å²) < 4.78 is 13.3. The summed E-state index contributed by atoms with van der Waals surface area (Å²) in [4.78, 5) is 2.38. The van der Waals surface area contributed by atoms with Gasteiger partial charge in [-0.15, -0.1) is 0 Å². The summed E-state index contributed by atoms with van der Waals surface area (Å²) in [6.07, 6.45) is 0. The Kier molecular flexibility index (Phi) is 5.00. The monoisotopic (exact) mass is 575 g/mol. The molecule has 0 aliphatic rings. The van der Waals surface area contributed by atoms with Crippen LogP contribution in [0.5, 0.6) is 0 Å². The summed E-state index contributed by atoms with van der Waals surface area (Å²) in [5, 5.41) is 11.4. The van der Waals surface area contributed by atoms with Crippen molar-refractivity contribution in [1.29, 1.82) is 0 Å². The van der Waals surface area contributed by atoms with Crippen LogP contribution in [0.2, 0.25) is 0 Å². The van der Waals surface area contributed by atoms with E-state index in [1.165, 1.54) is 21.5 Å². The molecule has 0 fully saturated rings. The highest BCUT2D eigenvalue weighted by Crippen LogP contribution is 2.49. The van der Waals surface area contributed by atoms with E-state index in [1.807, 2.05) is 12.1 Å². The number of para-hydroxylation sites is 2. The van der Waals surface area contributed by atoms with E-state index in [2.05, 4.69) is 144 Å². The second kappa shape index (κ2) is 9.22. The molecule has 0 saturated heterocycles. The maximum atomic E-state index is 6.94. The number of furan rings is 2. The molecule has 2 heterocycles. The van der Waals surface area contributed by atoms with Crippen molar-refractivity contribution in [3.8, 4) is 0 Å². The summed E-state index contributed by atoms with van der Waals surface area (Å²) >= 11 is 0. The van der Waals surface area contributed by atoms with Crippen molar-refractivity contribution in [2.24, 2.45) is 0 Å². The van der Waals surface area contributed by atoms with Gasteiger partial charge in [0.25, 0.3) is 0 Å². The lowest BCUT2D eigenvalue weighted by Gasteiger charge is -2.28. The van der Waals surface area contributed by atoms with Gasteiger partial charge in [0.2, 0.25) is 0 Å². The van der Waals surface area contributed by atoms with Gasteiger partial charge in [-0.25, -0.2) is 0 Å². The molecule has 0 aliphatic carbocycles. The third-order valence-electron chi connectivity index (χ3n) is 9.22. The molecule has 0 N–H and O–H groups in total. The average molecular weight is 576 g/mol. The van der Waals surface area contributed by atoms with Crippen LogP contribution in [-0.2, 0) is 0 Å². The molecular formula is C42H25NO2. The van der Waals surface area contributed by atoms with Gasteiger partial charge in [0.05, 0.1) is 22.4 Å². The summed E-state index contributed by atoms with van der Waals surface area (Å²) in [7, 11) is 0. The van der Waals surface area contributed by atoms with Gasteiger partial charge in [-0.2, -0.15) is 0 Å². The van der Waals surface area contributed by atoms with E-state index in [0.717, 1.165) is 71.7 Å². The van der Waals surface area contributed by atoms with E-state index >= 15 is 0 Å². The minimum Gasteiger partial charge on any atom is -0.456 e. The summed E-state index contributed by atoms with van der Waals surface area (Å²) in [5.41, 5.74) is 6.58. The SMILES string of the molecule is c1ccc2c(c1)cc(N(c1cccc3c1oc1c4ccccc4ccc31)c1cccc3oc4ccccc4c13)c1ccccc12. The van der Waals surface area contributed by atoms with Crippen LogP contribution >= 0.6 is 0 Å². The zero-order valence-electron chi connectivity index (χ0n) is 24.2. The molecule has 3 heteroatoms. The normalized spacial score (nSPS) is 12.0. The molecule has 210 valence electrons. The fourth-order valence-electron chi connectivity index (χ4n) is 7.24. The first-order valence-corrected chi connectivity index (χ1v) is 15.3. The Hall–Kier alpha value is -6.06. The lowest BCUT2D eigenvalue weighted by atomic mass is 9.98. The highest BCUT2D eigenvalue weighted by molar-refractivity contribution is 6.22. The fourth-order valence-corrected chi connectivity index (χ4v) is 7.24. The zero-order valence-corrected chi connectivity index (χ0v) is 24.2. The first-order chi connectivity index (χ1) is 22.3. The lowest BCUT2D eigenvalue weighted by molar-refractivity contribution is 0.668. The Morgan fingerprint density at radius 2 is 0.956 bits per heavy atom. The lowest BCUT2D eigenvalue weighted by Crippen LogP contribution is -2.11. The van der Waals surface area contributed by atoms with Crippen molar-refractivity contribution < 1.29 is 8.83 Å². The van der Waals surface area contributed by atoms with Crippen molar-refractivity contribution in [2.75, 3.05) is 4.90 Å². The minimum absolute atomic E-state index is 0.853. The van der Waals surface area contributed by atoms with Gasteiger partial charge in [0, 0.05) is 26.9 Å². The highest BCUT2D eigenvalue weighted by atomic mass is 16.3.